The standard InChI is InChI=1S/C16H10BrFIN3S/c17-14-11(6-7-12(19)15(14)18)8-20-22-16-21-13(9-23-16)10-4-2-1-3-5-10/h1-9H,(H,21,22). The number of halogens is 3. The molecule has 1 aromatic heterocycles. The summed E-state index contributed by atoms with van der Waals surface area (Å²) >= 11 is 6.66. The van der Waals surface area contributed by atoms with Crippen LogP contribution in [0.25, 0.3) is 11.3 Å². The number of nitrogens with one attached hydrogen (secondary N) is 1. The molecule has 0 aliphatic heterocycles. The third-order valence-corrected chi connectivity index (χ3v) is 5.39. The Morgan fingerprint density at radius 1 is 1.22 bits per heavy atom. The van der Waals surface area contributed by atoms with Crippen molar-refractivity contribution in [1.82, 2.24) is 4.98 Å². The summed E-state index contributed by atoms with van der Waals surface area (Å²) in [6, 6.07) is 13.4. The summed E-state index contributed by atoms with van der Waals surface area (Å²) in [5.74, 6) is -0.282. The van der Waals surface area contributed by atoms with Crippen molar-refractivity contribution in [2.24, 2.45) is 5.10 Å². The third kappa shape index (κ3) is 3.96. The molecular weight excluding hydrogens is 492 g/mol. The molecule has 0 unspecified atom stereocenters. The van der Waals surface area contributed by atoms with Gasteiger partial charge in [-0.2, -0.15) is 5.10 Å². The van der Waals surface area contributed by atoms with Crippen molar-refractivity contribution >= 4 is 61.2 Å². The van der Waals surface area contributed by atoms with E-state index in [1.54, 1.807) is 18.3 Å². The zero-order chi connectivity index (χ0) is 16.2. The highest BCUT2D eigenvalue weighted by Crippen LogP contribution is 2.25. The minimum Gasteiger partial charge on any atom is -0.253 e. The monoisotopic (exact) mass is 501 g/mol. The molecule has 7 heteroatoms. The van der Waals surface area contributed by atoms with Crippen molar-refractivity contribution in [2.45, 2.75) is 0 Å². The molecule has 0 radical (unpaired) electrons. The first-order valence-corrected chi connectivity index (χ1v) is 9.34. The van der Waals surface area contributed by atoms with Gasteiger partial charge in [0.15, 0.2) is 5.82 Å². The van der Waals surface area contributed by atoms with E-state index >= 15 is 0 Å². The van der Waals surface area contributed by atoms with Crippen molar-refractivity contribution in [3.63, 3.8) is 0 Å². The maximum Gasteiger partial charge on any atom is 0.203 e. The molecule has 0 amide bonds. The van der Waals surface area contributed by atoms with Crippen LogP contribution >= 0.6 is 49.9 Å². The van der Waals surface area contributed by atoms with Crippen LogP contribution in [0.1, 0.15) is 5.56 Å². The zero-order valence-corrected chi connectivity index (χ0v) is 16.2. The summed E-state index contributed by atoms with van der Waals surface area (Å²) in [5, 5.41) is 6.77. The molecule has 1 heterocycles. The molecule has 0 saturated heterocycles. The molecule has 0 aliphatic rings. The van der Waals surface area contributed by atoms with Crippen molar-refractivity contribution in [3.05, 3.63) is 67.3 Å². The topological polar surface area (TPSA) is 37.3 Å². The summed E-state index contributed by atoms with van der Waals surface area (Å²) < 4.78 is 14.7. The molecule has 23 heavy (non-hydrogen) atoms. The summed E-state index contributed by atoms with van der Waals surface area (Å²) in [7, 11) is 0. The van der Waals surface area contributed by atoms with Gasteiger partial charge in [0.1, 0.15) is 0 Å². The molecule has 0 spiro atoms. The predicted octanol–water partition coefficient (Wildman–Crippen LogP) is 5.76. The van der Waals surface area contributed by atoms with Gasteiger partial charge >= 0.3 is 0 Å². The minimum absolute atomic E-state index is 0.282. The maximum absolute atomic E-state index is 13.8. The number of rotatable bonds is 4. The zero-order valence-electron chi connectivity index (χ0n) is 11.6. The lowest BCUT2D eigenvalue weighted by Crippen LogP contribution is -1.94. The Morgan fingerprint density at radius 3 is 2.78 bits per heavy atom. The number of hydrazone groups is 1. The lowest BCUT2D eigenvalue weighted by molar-refractivity contribution is 0.613. The van der Waals surface area contributed by atoms with E-state index in [1.165, 1.54) is 11.3 Å². The quantitative estimate of drug-likeness (QED) is 0.213. The van der Waals surface area contributed by atoms with Gasteiger partial charge in [0.2, 0.25) is 5.13 Å². The number of nitrogens with zero attached hydrogens (tertiary/aromatic N) is 2. The van der Waals surface area contributed by atoms with Crippen molar-refractivity contribution in [3.8, 4) is 11.3 Å². The van der Waals surface area contributed by atoms with Crippen LogP contribution in [0.5, 0.6) is 0 Å². The lowest BCUT2D eigenvalue weighted by atomic mass is 10.2. The van der Waals surface area contributed by atoms with Crippen LogP contribution in [-0.2, 0) is 0 Å². The van der Waals surface area contributed by atoms with E-state index in [9.17, 15) is 4.39 Å². The van der Waals surface area contributed by atoms with E-state index in [0.717, 1.165) is 11.3 Å². The lowest BCUT2D eigenvalue weighted by Gasteiger charge is -2.01. The number of anilines is 1. The normalized spacial score (nSPS) is 11.1. The van der Waals surface area contributed by atoms with Crippen LogP contribution in [0.2, 0.25) is 0 Å². The first-order chi connectivity index (χ1) is 11.1. The van der Waals surface area contributed by atoms with E-state index in [1.807, 2.05) is 58.3 Å². The molecule has 0 aliphatic carbocycles. The smallest absolute Gasteiger partial charge is 0.203 e. The Labute approximate surface area is 158 Å². The van der Waals surface area contributed by atoms with E-state index in [0.29, 0.717) is 18.7 Å². The molecule has 2 aromatic carbocycles. The summed E-state index contributed by atoms with van der Waals surface area (Å²) in [5.41, 5.74) is 5.50. The Hall–Kier alpha value is -1.32. The average molecular weight is 502 g/mol. The first kappa shape index (κ1) is 16.5. The largest absolute Gasteiger partial charge is 0.253 e. The van der Waals surface area contributed by atoms with Crippen LogP contribution in [-0.4, -0.2) is 11.2 Å². The van der Waals surface area contributed by atoms with E-state index < -0.39 is 0 Å². The van der Waals surface area contributed by atoms with Crippen LogP contribution < -0.4 is 5.43 Å². The van der Waals surface area contributed by atoms with Crippen molar-refractivity contribution in [2.75, 3.05) is 5.43 Å². The third-order valence-electron chi connectivity index (χ3n) is 3.00. The maximum atomic E-state index is 13.8. The highest BCUT2D eigenvalue weighted by atomic mass is 127. The van der Waals surface area contributed by atoms with Crippen LogP contribution in [0.3, 0.4) is 0 Å². The number of hydrogen-bond acceptors (Lipinski definition) is 4. The van der Waals surface area contributed by atoms with E-state index in [-0.39, 0.29) is 5.82 Å². The van der Waals surface area contributed by atoms with Gasteiger partial charge in [-0.15, -0.1) is 11.3 Å². The van der Waals surface area contributed by atoms with Crippen molar-refractivity contribution < 1.29 is 4.39 Å². The second-order valence-electron chi connectivity index (χ2n) is 4.54. The molecule has 3 aromatic rings. The van der Waals surface area contributed by atoms with Crippen LogP contribution in [0, 0.1) is 9.39 Å². The van der Waals surface area contributed by atoms with Gasteiger partial charge in [-0.3, -0.25) is 5.43 Å². The summed E-state index contributed by atoms with van der Waals surface area (Å²) in [6.07, 6.45) is 1.56. The van der Waals surface area contributed by atoms with Gasteiger partial charge < -0.3 is 0 Å². The average Bonchev–Trinajstić information content (AvgIpc) is 3.05. The molecule has 0 bridgehead atoms. The van der Waals surface area contributed by atoms with E-state index in [2.05, 4.69) is 31.4 Å². The number of hydrogen-bond donors (Lipinski definition) is 1. The molecule has 0 saturated carbocycles. The molecule has 3 rings (SSSR count). The Bertz CT molecular complexity index is 852. The second-order valence-corrected chi connectivity index (χ2v) is 7.35. The summed E-state index contributed by atoms with van der Waals surface area (Å²) in [4.78, 5) is 4.47. The highest BCUT2D eigenvalue weighted by molar-refractivity contribution is 14.1. The molecular formula is C16H10BrFIN3S. The van der Waals surface area contributed by atoms with Crippen molar-refractivity contribution in [1.29, 1.82) is 0 Å². The SMILES string of the molecule is Fc1c(I)ccc(C=NNc2nc(-c3ccccc3)cs2)c1Br. The fourth-order valence-corrected chi connectivity index (χ4v) is 3.80. The molecule has 1 N–H and O–H groups in total. The highest BCUT2D eigenvalue weighted by Gasteiger charge is 2.08. The Balaban J connectivity index is 1.72. The Kier molecular flexibility index (Phi) is 5.39. The number of aromatic nitrogens is 1. The predicted molar refractivity (Wildman–Crippen MR) is 106 cm³/mol. The summed E-state index contributed by atoms with van der Waals surface area (Å²) in [6.45, 7) is 0. The fourth-order valence-electron chi connectivity index (χ4n) is 1.86. The van der Waals surface area contributed by atoms with E-state index in [4.69, 9.17) is 0 Å². The second kappa shape index (κ2) is 7.50. The molecule has 0 atom stereocenters. The van der Waals surface area contributed by atoms with Gasteiger partial charge in [0, 0.05) is 20.1 Å². The Morgan fingerprint density at radius 2 is 2.00 bits per heavy atom. The first-order valence-electron chi connectivity index (χ1n) is 6.58. The fraction of sp³-hybridized carbons (Fsp3) is 0. The molecule has 3 nitrogen and oxygen atoms in total. The molecule has 116 valence electrons. The number of benzene rings is 2. The van der Waals surface area contributed by atoms with Gasteiger partial charge in [-0.05, 0) is 44.6 Å². The van der Waals surface area contributed by atoms with Crippen LogP contribution in [0.15, 0.2) is 57.4 Å². The minimum atomic E-state index is -0.282. The van der Waals surface area contributed by atoms with Gasteiger partial charge in [0.25, 0.3) is 0 Å². The number of thiazole rings is 1. The van der Waals surface area contributed by atoms with Crippen LogP contribution in [0.4, 0.5) is 9.52 Å². The van der Waals surface area contributed by atoms with Gasteiger partial charge in [-0.25, -0.2) is 9.37 Å². The molecule has 0 fully saturated rings. The van der Waals surface area contributed by atoms with Gasteiger partial charge in [-0.1, -0.05) is 36.4 Å². The van der Waals surface area contributed by atoms with Gasteiger partial charge in [0.05, 0.1) is 16.4 Å².